The van der Waals surface area contributed by atoms with Crippen LogP contribution in [0, 0.1) is 13.8 Å². The molecule has 3 aromatic rings. The smallest absolute Gasteiger partial charge is 0.338 e. The molecule has 0 spiro atoms. The third-order valence-electron chi connectivity index (χ3n) is 3.74. The maximum atomic E-state index is 12.2. The maximum absolute atomic E-state index is 12.2. The number of ketones is 1. The number of nitrogens with zero attached hydrogens (tertiary/aromatic N) is 2. The van der Waals surface area contributed by atoms with Crippen LogP contribution in [-0.2, 0) is 4.74 Å². The highest BCUT2D eigenvalue weighted by atomic mass is 16.5. The first-order chi connectivity index (χ1) is 11.5. The number of Topliss-reactive ketones (excluding diaryl/α,β-unsaturated/α-hetero) is 1. The summed E-state index contributed by atoms with van der Waals surface area (Å²) in [5.74, 6) is -0.794. The van der Waals surface area contributed by atoms with Crippen LogP contribution in [0.5, 0.6) is 0 Å². The molecular weight excluding hydrogens is 304 g/mol. The van der Waals surface area contributed by atoms with Gasteiger partial charge in [0.2, 0.25) is 0 Å². The van der Waals surface area contributed by atoms with Gasteiger partial charge in [0.25, 0.3) is 0 Å². The Bertz CT molecular complexity index is 921. The van der Waals surface area contributed by atoms with Gasteiger partial charge >= 0.3 is 5.97 Å². The first-order valence-electron chi connectivity index (χ1n) is 7.55. The lowest BCUT2D eigenvalue weighted by molar-refractivity contribution is 0.0475. The average molecular weight is 320 g/mol. The zero-order valence-corrected chi connectivity index (χ0v) is 13.4. The summed E-state index contributed by atoms with van der Waals surface area (Å²) < 4.78 is 5.11. The van der Waals surface area contributed by atoms with Crippen molar-refractivity contribution >= 4 is 22.8 Å². The number of aryl methyl sites for hydroxylation is 2. The molecule has 5 nitrogen and oxygen atoms in total. The number of aromatic nitrogens is 2. The van der Waals surface area contributed by atoms with Gasteiger partial charge in [0, 0.05) is 5.56 Å². The quantitative estimate of drug-likeness (QED) is 0.545. The molecule has 0 fully saturated rings. The van der Waals surface area contributed by atoms with Crippen LogP contribution in [-0.4, -0.2) is 28.3 Å². The maximum Gasteiger partial charge on any atom is 0.338 e. The number of ether oxygens (including phenoxy) is 1. The SMILES string of the molecule is Cc1nc2ccc(C(=O)OCC(=O)c3ccccc3)cc2nc1C. The van der Waals surface area contributed by atoms with E-state index in [1.807, 2.05) is 19.9 Å². The van der Waals surface area contributed by atoms with Gasteiger partial charge in [-0.1, -0.05) is 30.3 Å². The molecule has 0 aliphatic rings. The Morgan fingerprint density at radius 2 is 1.54 bits per heavy atom. The monoisotopic (exact) mass is 320 g/mol. The minimum absolute atomic E-state index is 0.240. The van der Waals surface area contributed by atoms with Gasteiger partial charge in [0.1, 0.15) is 0 Å². The molecule has 0 N–H and O–H groups in total. The van der Waals surface area contributed by atoms with Gasteiger partial charge in [-0.25, -0.2) is 14.8 Å². The fourth-order valence-corrected chi connectivity index (χ4v) is 2.28. The number of esters is 1. The summed E-state index contributed by atoms with van der Waals surface area (Å²) in [7, 11) is 0. The number of rotatable bonds is 4. The Kier molecular flexibility index (Phi) is 4.33. The molecule has 0 saturated carbocycles. The molecule has 1 heterocycles. The summed E-state index contributed by atoms with van der Waals surface area (Å²) in [5.41, 5.74) is 3.87. The molecule has 0 amide bonds. The summed E-state index contributed by atoms with van der Waals surface area (Å²) in [4.78, 5) is 33.0. The first kappa shape index (κ1) is 15.8. The molecule has 0 aliphatic carbocycles. The molecular formula is C19H16N2O3. The standard InChI is InChI=1S/C19H16N2O3/c1-12-13(2)21-17-10-15(8-9-16(17)20-12)19(23)24-11-18(22)14-6-4-3-5-7-14/h3-10H,11H2,1-2H3. The highest BCUT2D eigenvalue weighted by molar-refractivity contribution is 6.00. The largest absolute Gasteiger partial charge is 0.454 e. The number of benzene rings is 2. The lowest BCUT2D eigenvalue weighted by atomic mass is 10.1. The van der Waals surface area contributed by atoms with E-state index in [0.717, 1.165) is 16.9 Å². The summed E-state index contributed by atoms with van der Waals surface area (Å²) in [6.45, 7) is 3.46. The topological polar surface area (TPSA) is 69.2 Å². The average Bonchev–Trinajstić information content (AvgIpc) is 2.60. The summed E-state index contributed by atoms with van der Waals surface area (Å²) >= 11 is 0. The number of fused-ring (bicyclic) bond motifs is 1. The molecule has 0 atom stereocenters. The third kappa shape index (κ3) is 3.30. The van der Waals surface area contributed by atoms with Crippen LogP contribution in [0.1, 0.15) is 32.1 Å². The van der Waals surface area contributed by atoms with Crippen molar-refractivity contribution in [2.45, 2.75) is 13.8 Å². The Hall–Kier alpha value is -3.08. The van der Waals surface area contributed by atoms with Crippen molar-refractivity contribution in [3.63, 3.8) is 0 Å². The predicted molar refractivity (Wildman–Crippen MR) is 90.1 cm³/mol. The predicted octanol–water partition coefficient (Wildman–Crippen LogP) is 3.29. The Labute approximate surface area is 139 Å². The van der Waals surface area contributed by atoms with Crippen molar-refractivity contribution in [2.24, 2.45) is 0 Å². The van der Waals surface area contributed by atoms with Crippen molar-refractivity contribution in [3.05, 3.63) is 71.0 Å². The van der Waals surface area contributed by atoms with E-state index >= 15 is 0 Å². The molecule has 0 bridgehead atoms. The molecule has 0 unspecified atom stereocenters. The second kappa shape index (κ2) is 6.58. The Balaban J connectivity index is 1.74. The lowest BCUT2D eigenvalue weighted by Gasteiger charge is -2.06. The minimum Gasteiger partial charge on any atom is -0.454 e. The van der Waals surface area contributed by atoms with E-state index in [0.29, 0.717) is 16.6 Å². The van der Waals surface area contributed by atoms with Crippen LogP contribution in [0.2, 0.25) is 0 Å². The van der Waals surface area contributed by atoms with Crippen molar-refractivity contribution < 1.29 is 14.3 Å². The first-order valence-corrected chi connectivity index (χ1v) is 7.55. The van der Waals surface area contributed by atoms with Crippen LogP contribution in [0.25, 0.3) is 11.0 Å². The van der Waals surface area contributed by atoms with Gasteiger partial charge in [-0.3, -0.25) is 4.79 Å². The number of carbonyl (C=O) groups is 2. The van der Waals surface area contributed by atoms with Gasteiger partial charge < -0.3 is 4.74 Å². The van der Waals surface area contributed by atoms with Gasteiger partial charge in [-0.2, -0.15) is 0 Å². The fraction of sp³-hybridized carbons (Fsp3) is 0.158. The Morgan fingerprint density at radius 3 is 2.25 bits per heavy atom. The van der Waals surface area contributed by atoms with Gasteiger partial charge in [-0.15, -0.1) is 0 Å². The van der Waals surface area contributed by atoms with E-state index in [9.17, 15) is 9.59 Å². The van der Waals surface area contributed by atoms with Crippen LogP contribution < -0.4 is 0 Å². The van der Waals surface area contributed by atoms with Crippen molar-refractivity contribution in [1.29, 1.82) is 0 Å². The number of carbonyl (C=O) groups excluding carboxylic acids is 2. The molecule has 5 heteroatoms. The van der Waals surface area contributed by atoms with Crippen LogP contribution in [0.15, 0.2) is 48.5 Å². The molecule has 24 heavy (non-hydrogen) atoms. The second-order valence-electron chi connectivity index (χ2n) is 5.46. The summed E-state index contributed by atoms with van der Waals surface area (Å²) in [6.07, 6.45) is 0. The van der Waals surface area contributed by atoms with Crippen LogP contribution in [0.3, 0.4) is 0 Å². The highest BCUT2D eigenvalue weighted by Crippen LogP contribution is 2.15. The number of hydrogen-bond acceptors (Lipinski definition) is 5. The molecule has 0 radical (unpaired) electrons. The number of hydrogen-bond donors (Lipinski definition) is 0. The summed E-state index contributed by atoms with van der Waals surface area (Å²) in [5, 5.41) is 0. The highest BCUT2D eigenvalue weighted by Gasteiger charge is 2.13. The van der Waals surface area contributed by atoms with Gasteiger partial charge in [0.05, 0.1) is 28.0 Å². The summed E-state index contributed by atoms with van der Waals surface area (Å²) in [6, 6.07) is 13.7. The van der Waals surface area contributed by atoms with E-state index in [4.69, 9.17) is 4.74 Å². The van der Waals surface area contributed by atoms with Crippen molar-refractivity contribution in [2.75, 3.05) is 6.61 Å². The molecule has 3 rings (SSSR count). The zero-order chi connectivity index (χ0) is 17.1. The van der Waals surface area contributed by atoms with Crippen LogP contribution in [0.4, 0.5) is 0 Å². The van der Waals surface area contributed by atoms with Crippen LogP contribution >= 0.6 is 0 Å². The van der Waals surface area contributed by atoms with Gasteiger partial charge in [-0.05, 0) is 32.0 Å². The zero-order valence-electron chi connectivity index (χ0n) is 13.4. The minimum atomic E-state index is -0.554. The van der Waals surface area contributed by atoms with E-state index in [2.05, 4.69) is 9.97 Å². The molecule has 2 aromatic carbocycles. The van der Waals surface area contributed by atoms with Gasteiger partial charge in [0.15, 0.2) is 12.4 Å². The van der Waals surface area contributed by atoms with E-state index in [-0.39, 0.29) is 12.4 Å². The molecule has 120 valence electrons. The van der Waals surface area contributed by atoms with E-state index in [1.54, 1.807) is 42.5 Å². The normalized spacial score (nSPS) is 10.6. The van der Waals surface area contributed by atoms with E-state index < -0.39 is 5.97 Å². The van der Waals surface area contributed by atoms with Crippen molar-refractivity contribution in [1.82, 2.24) is 9.97 Å². The van der Waals surface area contributed by atoms with Crippen molar-refractivity contribution in [3.8, 4) is 0 Å². The fourth-order valence-electron chi connectivity index (χ4n) is 2.28. The lowest BCUT2D eigenvalue weighted by Crippen LogP contribution is -2.14. The molecule has 0 aliphatic heterocycles. The molecule has 1 aromatic heterocycles. The Morgan fingerprint density at radius 1 is 0.875 bits per heavy atom. The second-order valence-corrected chi connectivity index (χ2v) is 5.46. The molecule has 0 saturated heterocycles. The van der Waals surface area contributed by atoms with E-state index in [1.165, 1.54) is 0 Å². The third-order valence-corrected chi connectivity index (χ3v) is 3.74.